The number of carbonyl (C=O) groups excluding carboxylic acids is 2. The summed E-state index contributed by atoms with van der Waals surface area (Å²) in [5, 5.41) is 2.72. The molecule has 0 radical (unpaired) electrons. The SMILES string of the molecule is C=C(Br)C[C@H](NC(=O)CC1CCCC1)C(=O)OC. The zero-order chi connectivity index (χ0) is 13.5. The Balaban J connectivity index is 2.45. The summed E-state index contributed by atoms with van der Waals surface area (Å²) in [6.07, 6.45) is 5.49. The fourth-order valence-corrected chi connectivity index (χ4v) is 2.61. The van der Waals surface area contributed by atoms with Crippen LogP contribution < -0.4 is 5.32 Å². The van der Waals surface area contributed by atoms with Crippen molar-refractivity contribution in [2.24, 2.45) is 5.92 Å². The summed E-state index contributed by atoms with van der Waals surface area (Å²) < 4.78 is 5.33. The first-order chi connectivity index (χ1) is 8.52. The molecule has 0 aromatic carbocycles. The monoisotopic (exact) mass is 317 g/mol. The van der Waals surface area contributed by atoms with Crippen LogP contribution in [0.25, 0.3) is 0 Å². The van der Waals surface area contributed by atoms with Crippen molar-refractivity contribution in [1.29, 1.82) is 0 Å². The van der Waals surface area contributed by atoms with Gasteiger partial charge in [-0.05, 0) is 23.2 Å². The molecule has 0 unspecified atom stereocenters. The van der Waals surface area contributed by atoms with E-state index in [0.29, 0.717) is 23.2 Å². The molecule has 102 valence electrons. The Morgan fingerprint density at radius 2 is 2.06 bits per heavy atom. The molecule has 0 aromatic rings. The molecule has 0 bridgehead atoms. The van der Waals surface area contributed by atoms with E-state index in [9.17, 15) is 9.59 Å². The van der Waals surface area contributed by atoms with Gasteiger partial charge in [0.1, 0.15) is 6.04 Å². The van der Waals surface area contributed by atoms with Crippen LogP contribution in [0.2, 0.25) is 0 Å². The van der Waals surface area contributed by atoms with Crippen molar-refractivity contribution in [2.75, 3.05) is 7.11 Å². The Bertz CT molecular complexity index is 324. The van der Waals surface area contributed by atoms with Crippen LogP contribution >= 0.6 is 15.9 Å². The third-order valence-electron chi connectivity index (χ3n) is 3.20. The quantitative estimate of drug-likeness (QED) is 0.766. The lowest BCUT2D eigenvalue weighted by Gasteiger charge is -2.17. The third-order valence-corrected chi connectivity index (χ3v) is 3.52. The van der Waals surface area contributed by atoms with Gasteiger partial charge in [0.05, 0.1) is 7.11 Å². The topological polar surface area (TPSA) is 55.4 Å². The highest BCUT2D eigenvalue weighted by atomic mass is 79.9. The van der Waals surface area contributed by atoms with Gasteiger partial charge in [0.15, 0.2) is 0 Å². The van der Waals surface area contributed by atoms with E-state index >= 15 is 0 Å². The lowest BCUT2D eigenvalue weighted by atomic mass is 10.0. The van der Waals surface area contributed by atoms with E-state index in [1.165, 1.54) is 20.0 Å². The van der Waals surface area contributed by atoms with Gasteiger partial charge in [0.25, 0.3) is 0 Å². The second kappa shape index (κ2) is 7.56. The van der Waals surface area contributed by atoms with Gasteiger partial charge in [-0.1, -0.05) is 35.4 Å². The Labute approximate surface area is 116 Å². The number of rotatable bonds is 6. The molecule has 1 aliphatic rings. The molecular weight excluding hydrogens is 298 g/mol. The van der Waals surface area contributed by atoms with Crippen LogP contribution in [-0.2, 0) is 14.3 Å². The molecule has 5 heteroatoms. The van der Waals surface area contributed by atoms with Gasteiger partial charge < -0.3 is 10.1 Å². The summed E-state index contributed by atoms with van der Waals surface area (Å²) in [4.78, 5) is 23.4. The van der Waals surface area contributed by atoms with Crippen molar-refractivity contribution in [2.45, 2.75) is 44.6 Å². The van der Waals surface area contributed by atoms with Crippen LogP contribution in [0.15, 0.2) is 11.1 Å². The summed E-state index contributed by atoms with van der Waals surface area (Å²) in [6.45, 7) is 3.68. The van der Waals surface area contributed by atoms with Crippen molar-refractivity contribution in [3.05, 3.63) is 11.1 Å². The van der Waals surface area contributed by atoms with Crippen LogP contribution in [0.5, 0.6) is 0 Å². The first-order valence-electron chi connectivity index (χ1n) is 6.23. The van der Waals surface area contributed by atoms with Gasteiger partial charge in [-0.15, -0.1) is 0 Å². The predicted molar refractivity (Wildman–Crippen MR) is 73.2 cm³/mol. The summed E-state index contributed by atoms with van der Waals surface area (Å²) in [6, 6.07) is -0.643. The van der Waals surface area contributed by atoms with Crippen LogP contribution in [0.1, 0.15) is 38.5 Å². The van der Waals surface area contributed by atoms with Crippen molar-refractivity contribution < 1.29 is 14.3 Å². The number of hydrogen-bond acceptors (Lipinski definition) is 3. The number of methoxy groups -OCH3 is 1. The molecule has 1 fully saturated rings. The number of ether oxygens (including phenoxy) is 1. The number of carbonyl (C=O) groups is 2. The van der Waals surface area contributed by atoms with Crippen molar-refractivity contribution >= 4 is 27.8 Å². The third kappa shape index (κ3) is 5.21. The maximum absolute atomic E-state index is 11.8. The van der Waals surface area contributed by atoms with E-state index in [1.807, 2.05) is 0 Å². The molecule has 0 spiro atoms. The smallest absolute Gasteiger partial charge is 0.328 e. The number of halogens is 1. The normalized spacial score (nSPS) is 17.2. The van der Waals surface area contributed by atoms with Crippen molar-refractivity contribution in [3.8, 4) is 0 Å². The summed E-state index contributed by atoms with van der Waals surface area (Å²) in [7, 11) is 1.31. The molecule has 1 rings (SSSR count). The Hall–Kier alpha value is -0.840. The summed E-state index contributed by atoms with van der Waals surface area (Å²) >= 11 is 3.20. The Morgan fingerprint density at radius 1 is 1.44 bits per heavy atom. The zero-order valence-corrected chi connectivity index (χ0v) is 12.3. The molecule has 4 nitrogen and oxygen atoms in total. The van der Waals surface area contributed by atoms with Crippen LogP contribution in [0, 0.1) is 5.92 Å². The maximum Gasteiger partial charge on any atom is 0.328 e. The first-order valence-corrected chi connectivity index (χ1v) is 7.02. The highest BCUT2D eigenvalue weighted by Crippen LogP contribution is 2.27. The van der Waals surface area contributed by atoms with Gasteiger partial charge in [0, 0.05) is 12.8 Å². The molecule has 1 saturated carbocycles. The Kier molecular flexibility index (Phi) is 6.39. The van der Waals surface area contributed by atoms with Gasteiger partial charge in [0.2, 0.25) is 5.91 Å². The molecule has 1 aliphatic carbocycles. The molecule has 1 N–H and O–H groups in total. The van der Waals surface area contributed by atoms with Crippen molar-refractivity contribution in [3.63, 3.8) is 0 Å². The maximum atomic E-state index is 11.8. The fraction of sp³-hybridized carbons (Fsp3) is 0.692. The molecule has 0 aromatic heterocycles. The van der Waals surface area contributed by atoms with Gasteiger partial charge in [-0.3, -0.25) is 4.79 Å². The van der Waals surface area contributed by atoms with Gasteiger partial charge in [-0.25, -0.2) is 4.79 Å². The van der Waals surface area contributed by atoms with E-state index in [0.717, 1.165) is 12.8 Å². The number of nitrogens with one attached hydrogen (secondary N) is 1. The predicted octanol–water partition coefficient (Wildman–Crippen LogP) is 2.52. The van der Waals surface area contributed by atoms with E-state index in [1.54, 1.807) is 0 Å². The van der Waals surface area contributed by atoms with Gasteiger partial charge in [-0.2, -0.15) is 0 Å². The summed E-state index contributed by atoms with van der Waals surface area (Å²) in [5.41, 5.74) is 0. The molecule has 1 amide bonds. The lowest BCUT2D eigenvalue weighted by molar-refractivity contribution is -0.145. The van der Waals surface area contributed by atoms with Crippen LogP contribution in [0.3, 0.4) is 0 Å². The van der Waals surface area contributed by atoms with Crippen molar-refractivity contribution in [1.82, 2.24) is 5.32 Å². The average Bonchev–Trinajstić information content (AvgIpc) is 2.79. The number of amides is 1. The first kappa shape index (κ1) is 15.2. The van der Waals surface area contributed by atoms with E-state index in [-0.39, 0.29) is 5.91 Å². The largest absolute Gasteiger partial charge is 0.467 e. The van der Waals surface area contributed by atoms with E-state index < -0.39 is 12.0 Å². The van der Waals surface area contributed by atoms with Gasteiger partial charge >= 0.3 is 5.97 Å². The van der Waals surface area contributed by atoms with Crippen LogP contribution in [-0.4, -0.2) is 25.0 Å². The highest BCUT2D eigenvalue weighted by Gasteiger charge is 2.24. The highest BCUT2D eigenvalue weighted by molar-refractivity contribution is 9.11. The Morgan fingerprint density at radius 3 is 2.56 bits per heavy atom. The minimum Gasteiger partial charge on any atom is -0.467 e. The fourth-order valence-electron chi connectivity index (χ4n) is 2.29. The standard InChI is InChI=1S/C13H20BrNO3/c1-9(14)7-11(13(17)18-2)15-12(16)8-10-5-3-4-6-10/h10-11H,1,3-8H2,2H3,(H,15,16)/t11-/m0/s1. The minimum atomic E-state index is -0.643. The molecule has 0 saturated heterocycles. The molecule has 1 atom stereocenters. The molecular formula is C13H20BrNO3. The zero-order valence-electron chi connectivity index (χ0n) is 10.7. The van der Waals surface area contributed by atoms with E-state index in [2.05, 4.69) is 32.6 Å². The molecule has 0 heterocycles. The molecule has 0 aliphatic heterocycles. The second-order valence-corrected chi connectivity index (χ2v) is 5.84. The lowest BCUT2D eigenvalue weighted by Crippen LogP contribution is -2.42. The summed E-state index contributed by atoms with van der Waals surface area (Å²) in [5.74, 6) is -0.0445. The van der Waals surface area contributed by atoms with Crippen LogP contribution in [0.4, 0.5) is 0 Å². The average molecular weight is 318 g/mol. The van der Waals surface area contributed by atoms with E-state index in [4.69, 9.17) is 0 Å². The number of hydrogen-bond donors (Lipinski definition) is 1. The molecule has 18 heavy (non-hydrogen) atoms. The minimum absolute atomic E-state index is 0.0777. The second-order valence-electron chi connectivity index (χ2n) is 4.72. The number of esters is 1.